The van der Waals surface area contributed by atoms with E-state index in [2.05, 4.69) is 32.1 Å². The van der Waals surface area contributed by atoms with Crippen LogP contribution in [0.4, 0.5) is 10.8 Å². The van der Waals surface area contributed by atoms with Crippen LogP contribution >= 0.6 is 11.3 Å². The van der Waals surface area contributed by atoms with Crippen molar-refractivity contribution in [3.05, 3.63) is 65.2 Å². The Balaban J connectivity index is 1.40. The molecular formula is C24H29N5O3S2. The van der Waals surface area contributed by atoms with Crippen molar-refractivity contribution >= 4 is 38.1 Å². The number of anilines is 2. The predicted molar refractivity (Wildman–Crippen MR) is 135 cm³/mol. The van der Waals surface area contributed by atoms with Gasteiger partial charge in [-0.25, -0.2) is 13.1 Å². The molecule has 4 rings (SSSR count). The van der Waals surface area contributed by atoms with Crippen LogP contribution in [0.5, 0.6) is 0 Å². The summed E-state index contributed by atoms with van der Waals surface area (Å²) in [5, 5.41) is 10.4. The number of nitrogens with one attached hydrogen (secondary N) is 2. The Morgan fingerprint density at radius 2 is 1.88 bits per heavy atom. The Hall–Kier alpha value is -2.82. The molecule has 180 valence electrons. The molecule has 2 heterocycles. The molecule has 0 spiro atoms. The second-order valence-electron chi connectivity index (χ2n) is 8.77. The fraction of sp³-hybridized carbons (Fsp3) is 0.375. The van der Waals surface area contributed by atoms with Gasteiger partial charge in [-0.1, -0.05) is 48.6 Å². The first-order chi connectivity index (χ1) is 16.2. The van der Waals surface area contributed by atoms with Crippen molar-refractivity contribution in [1.82, 2.24) is 14.9 Å². The lowest BCUT2D eigenvalue weighted by Crippen LogP contribution is -2.34. The minimum absolute atomic E-state index is 0.126. The van der Waals surface area contributed by atoms with E-state index < -0.39 is 16.1 Å². The molecule has 0 saturated carbocycles. The second kappa shape index (κ2) is 10.2. The third-order valence-electron chi connectivity index (χ3n) is 5.99. The zero-order valence-corrected chi connectivity index (χ0v) is 21.1. The summed E-state index contributed by atoms with van der Waals surface area (Å²) in [4.78, 5) is 14.9. The van der Waals surface area contributed by atoms with Gasteiger partial charge in [0.15, 0.2) is 0 Å². The molecule has 1 amide bonds. The molecule has 2 N–H and O–H groups in total. The number of nitrogens with zero attached hydrogens (tertiary/aromatic N) is 3. The lowest BCUT2D eigenvalue weighted by Gasteiger charge is -2.33. The van der Waals surface area contributed by atoms with Gasteiger partial charge in [-0.2, -0.15) is 0 Å². The predicted octanol–water partition coefficient (Wildman–Crippen LogP) is 4.37. The van der Waals surface area contributed by atoms with Gasteiger partial charge in [-0.3, -0.25) is 10.1 Å². The van der Waals surface area contributed by atoms with E-state index in [0.29, 0.717) is 11.5 Å². The molecular weight excluding hydrogens is 470 g/mol. The van der Waals surface area contributed by atoms with E-state index in [4.69, 9.17) is 0 Å². The minimum atomic E-state index is -3.90. The van der Waals surface area contributed by atoms with E-state index in [1.54, 1.807) is 19.1 Å². The molecule has 1 aliphatic rings. The van der Waals surface area contributed by atoms with Crippen LogP contribution in [0.3, 0.4) is 0 Å². The highest BCUT2D eigenvalue weighted by molar-refractivity contribution is 7.91. The topological polar surface area (TPSA) is 104 Å². The van der Waals surface area contributed by atoms with E-state index in [1.807, 2.05) is 43.3 Å². The summed E-state index contributed by atoms with van der Waals surface area (Å²) in [6.45, 7) is 7.98. The fourth-order valence-corrected chi connectivity index (χ4v) is 6.25. The van der Waals surface area contributed by atoms with Gasteiger partial charge in [0.1, 0.15) is 0 Å². The maximum Gasteiger partial charge on any atom is 0.270 e. The van der Waals surface area contributed by atoms with Crippen molar-refractivity contribution in [3.63, 3.8) is 0 Å². The van der Waals surface area contributed by atoms with Crippen molar-refractivity contribution in [3.8, 4) is 0 Å². The van der Waals surface area contributed by atoms with Gasteiger partial charge in [0.25, 0.3) is 15.9 Å². The van der Waals surface area contributed by atoms with Gasteiger partial charge in [0.05, 0.1) is 0 Å². The molecule has 0 unspecified atom stereocenters. The summed E-state index contributed by atoms with van der Waals surface area (Å²) < 4.78 is 28.2. The van der Waals surface area contributed by atoms with E-state index >= 15 is 0 Å². The van der Waals surface area contributed by atoms with Gasteiger partial charge < -0.3 is 4.90 Å². The fourth-order valence-electron chi connectivity index (χ4n) is 4.11. The van der Waals surface area contributed by atoms with Crippen molar-refractivity contribution in [2.24, 2.45) is 5.92 Å². The Morgan fingerprint density at radius 1 is 1.15 bits per heavy atom. The Kier molecular flexibility index (Phi) is 7.30. The molecule has 1 aliphatic heterocycles. The first-order valence-electron chi connectivity index (χ1n) is 11.3. The zero-order chi connectivity index (χ0) is 24.3. The number of aromatic nitrogens is 2. The number of piperidine rings is 1. The number of sulfonamides is 1. The summed E-state index contributed by atoms with van der Waals surface area (Å²) in [7, 11) is -3.90. The minimum Gasteiger partial charge on any atom is -0.371 e. The highest BCUT2D eigenvalue weighted by Gasteiger charge is 2.24. The molecule has 1 aromatic heterocycles. The maximum atomic E-state index is 12.9. The molecule has 1 saturated heterocycles. The smallest absolute Gasteiger partial charge is 0.270 e. The van der Waals surface area contributed by atoms with E-state index in [0.717, 1.165) is 41.2 Å². The number of rotatable bonds is 7. The van der Waals surface area contributed by atoms with Gasteiger partial charge in [-0.15, -0.1) is 10.2 Å². The van der Waals surface area contributed by atoms with Gasteiger partial charge in [0.2, 0.25) is 9.47 Å². The summed E-state index contributed by atoms with van der Waals surface area (Å²) >= 11 is 0.816. The van der Waals surface area contributed by atoms with E-state index in [9.17, 15) is 13.2 Å². The summed E-state index contributed by atoms with van der Waals surface area (Å²) in [5.74, 6) is 0.320. The first-order valence-corrected chi connectivity index (χ1v) is 13.6. The molecule has 0 aliphatic carbocycles. The summed E-state index contributed by atoms with van der Waals surface area (Å²) in [6.07, 6.45) is 2.45. The third-order valence-corrected chi connectivity index (χ3v) is 8.74. The molecule has 2 atom stereocenters. The molecule has 34 heavy (non-hydrogen) atoms. The van der Waals surface area contributed by atoms with Gasteiger partial charge in [0, 0.05) is 30.4 Å². The number of hydrogen-bond acceptors (Lipinski definition) is 7. The van der Waals surface area contributed by atoms with E-state index in [1.165, 1.54) is 12.8 Å². The quantitative estimate of drug-likeness (QED) is 0.468. The highest BCUT2D eigenvalue weighted by Crippen LogP contribution is 2.26. The number of amides is 1. The lowest BCUT2D eigenvalue weighted by molar-refractivity contribution is 0.102. The van der Waals surface area contributed by atoms with Crippen molar-refractivity contribution in [2.75, 3.05) is 23.3 Å². The first kappa shape index (κ1) is 24.3. The van der Waals surface area contributed by atoms with Gasteiger partial charge >= 0.3 is 0 Å². The molecule has 8 nitrogen and oxygen atoms in total. The van der Waals surface area contributed by atoms with Crippen LogP contribution in [0, 0.1) is 12.8 Å². The number of hydrogen-bond donors (Lipinski definition) is 2. The Morgan fingerprint density at radius 3 is 2.59 bits per heavy atom. The number of benzene rings is 2. The monoisotopic (exact) mass is 499 g/mol. The molecule has 3 aromatic rings. The van der Waals surface area contributed by atoms with Crippen molar-refractivity contribution in [1.29, 1.82) is 0 Å². The van der Waals surface area contributed by atoms with Crippen LogP contribution < -0.4 is 14.9 Å². The van der Waals surface area contributed by atoms with Crippen LogP contribution in [-0.4, -0.2) is 37.6 Å². The average molecular weight is 500 g/mol. The largest absolute Gasteiger partial charge is 0.371 e. The highest BCUT2D eigenvalue weighted by atomic mass is 32.2. The molecule has 10 heteroatoms. The van der Waals surface area contributed by atoms with Crippen LogP contribution in [-0.2, 0) is 10.0 Å². The standard InChI is InChI=1S/C24H29N5O3S2/c1-16-7-6-14-29(15-16)20-12-10-19(11-13-20)18(3)28-34(31,32)24-27-26-23(33-24)25-22(30)21-9-5-4-8-17(21)2/h4-5,8-13,16,18,28H,6-7,14-15H2,1-3H3,(H,25,26,30)/t16-,18-/m0/s1. The molecule has 1 fully saturated rings. The summed E-state index contributed by atoms with van der Waals surface area (Å²) in [6, 6.07) is 14.7. The van der Waals surface area contributed by atoms with Gasteiger partial charge in [-0.05, 0) is 61.9 Å². The Labute approximate surface area is 204 Å². The zero-order valence-electron chi connectivity index (χ0n) is 19.5. The molecule has 0 radical (unpaired) electrons. The van der Waals surface area contributed by atoms with Crippen molar-refractivity contribution in [2.45, 2.75) is 44.0 Å². The van der Waals surface area contributed by atoms with Crippen LogP contribution in [0.25, 0.3) is 0 Å². The third kappa shape index (κ3) is 5.63. The van der Waals surface area contributed by atoms with Crippen LogP contribution in [0.15, 0.2) is 52.9 Å². The van der Waals surface area contributed by atoms with Crippen LogP contribution in [0.2, 0.25) is 0 Å². The van der Waals surface area contributed by atoms with Crippen molar-refractivity contribution < 1.29 is 13.2 Å². The molecule has 2 aromatic carbocycles. The SMILES string of the molecule is Cc1ccccc1C(=O)Nc1nnc(S(=O)(=O)N[C@@H](C)c2ccc(N3CCC[C@H](C)C3)cc2)s1. The normalized spacial score (nSPS) is 17.4. The average Bonchev–Trinajstić information content (AvgIpc) is 3.29. The lowest BCUT2D eigenvalue weighted by atomic mass is 9.99. The maximum absolute atomic E-state index is 12.9. The molecule has 0 bridgehead atoms. The second-order valence-corrected chi connectivity index (χ2v) is 11.6. The van der Waals surface area contributed by atoms with Crippen LogP contribution in [0.1, 0.15) is 54.2 Å². The number of aryl methyl sites for hydroxylation is 1. The number of carbonyl (C=O) groups is 1. The Bertz CT molecular complexity index is 1260. The number of carbonyl (C=O) groups excluding carboxylic acids is 1. The van der Waals surface area contributed by atoms with E-state index in [-0.39, 0.29) is 15.4 Å². The summed E-state index contributed by atoms with van der Waals surface area (Å²) in [5.41, 5.74) is 3.32.